The van der Waals surface area contributed by atoms with Crippen LogP contribution in [0.1, 0.15) is 42.0 Å². The van der Waals surface area contributed by atoms with Gasteiger partial charge in [0.2, 0.25) is 0 Å². The van der Waals surface area contributed by atoms with Crippen LogP contribution in [-0.4, -0.2) is 48.4 Å². The van der Waals surface area contributed by atoms with E-state index in [2.05, 4.69) is 14.8 Å². The highest BCUT2D eigenvalue weighted by Gasteiger charge is 2.19. The van der Waals surface area contributed by atoms with Crippen LogP contribution >= 0.6 is 0 Å². The second-order valence-electron chi connectivity index (χ2n) is 7.67. The Kier molecular flexibility index (Phi) is 6.40. The largest absolute Gasteiger partial charge is 0.454 e. The van der Waals surface area contributed by atoms with Crippen LogP contribution in [0.5, 0.6) is 0 Å². The second-order valence-corrected chi connectivity index (χ2v) is 9.27. The molecule has 0 spiro atoms. The van der Waals surface area contributed by atoms with Gasteiger partial charge in [-0.2, -0.15) is 13.5 Å². The molecule has 1 amide bonds. The van der Waals surface area contributed by atoms with Crippen LogP contribution in [0.3, 0.4) is 0 Å². The van der Waals surface area contributed by atoms with Crippen molar-refractivity contribution in [3.63, 3.8) is 0 Å². The number of nitrogens with one attached hydrogen (secondary N) is 1. The molecular weight excluding hydrogens is 430 g/mol. The van der Waals surface area contributed by atoms with Crippen molar-refractivity contribution >= 4 is 27.5 Å². The van der Waals surface area contributed by atoms with Crippen LogP contribution in [0, 0.1) is 0 Å². The fourth-order valence-electron chi connectivity index (χ4n) is 3.50. The SMILES string of the molecule is CN1CCCCC/C1=N\S(=O)(=O)c1cccc(NC(=O)c2ccc(Cn3cccn3)o2)c1. The molecule has 10 heteroatoms. The highest BCUT2D eigenvalue weighted by Crippen LogP contribution is 2.21. The molecule has 0 radical (unpaired) electrons. The van der Waals surface area contributed by atoms with Gasteiger partial charge in [-0.05, 0) is 49.2 Å². The molecule has 1 aliphatic heterocycles. The van der Waals surface area contributed by atoms with Crippen molar-refractivity contribution in [1.82, 2.24) is 14.7 Å². The highest BCUT2D eigenvalue weighted by atomic mass is 32.2. The molecule has 1 aromatic carbocycles. The summed E-state index contributed by atoms with van der Waals surface area (Å²) in [5.41, 5.74) is 0.343. The lowest BCUT2D eigenvalue weighted by Crippen LogP contribution is -2.26. The van der Waals surface area contributed by atoms with E-state index in [0.29, 0.717) is 30.2 Å². The first-order chi connectivity index (χ1) is 15.4. The van der Waals surface area contributed by atoms with Gasteiger partial charge < -0.3 is 14.6 Å². The maximum absolute atomic E-state index is 12.9. The molecule has 0 unspecified atom stereocenters. The molecule has 0 aliphatic carbocycles. The molecule has 3 heterocycles. The van der Waals surface area contributed by atoms with Crippen LogP contribution in [-0.2, 0) is 16.6 Å². The molecule has 32 heavy (non-hydrogen) atoms. The number of hydrogen-bond donors (Lipinski definition) is 1. The summed E-state index contributed by atoms with van der Waals surface area (Å²) in [5.74, 6) is 0.803. The smallest absolute Gasteiger partial charge is 0.291 e. The molecule has 1 N–H and O–H groups in total. The quantitative estimate of drug-likeness (QED) is 0.610. The van der Waals surface area contributed by atoms with Crippen LogP contribution in [0.2, 0.25) is 0 Å². The molecule has 168 valence electrons. The third-order valence-electron chi connectivity index (χ3n) is 5.21. The number of furan rings is 1. The van der Waals surface area contributed by atoms with Crippen molar-refractivity contribution in [3.05, 3.63) is 66.4 Å². The Labute approximate surface area is 186 Å². The monoisotopic (exact) mass is 455 g/mol. The summed E-state index contributed by atoms with van der Waals surface area (Å²) < 4.78 is 37.1. The molecule has 3 aromatic rings. The zero-order chi connectivity index (χ0) is 22.6. The van der Waals surface area contributed by atoms with Gasteiger partial charge in [-0.3, -0.25) is 9.48 Å². The lowest BCUT2D eigenvalue weighted by Gasteiger charge is -2.17. The summed E-state index contributed by atoms with van der Waals surface area (Å²) in [4.78, 5) is 14.5. The molecule has 1 saturated heterocycles. The predicted octanol–water partition coefficient (Wildman–Crippen LogP) is 3.37. The van der Waals surface area contributed by atoms with Crippen molar-refractivity contribution in [1.29, 1.82) is 0 Å². The molecule has 0 saturated carbocycles. The summed E-state index contributed by atoms with van der Waals surface area (Å²) in [5, 5.41) is 6.79. The van der Waals surface area contributed by atoms with Crippen LogP contribution < -0.4 is 5.32 Å². The maximum atomic E-state index is 12.9. The Morgan fingerprint density at radius 1 is 1.19 bits per heavy atom. The van der Waals surface area contributed by atoms with Crippen LogP contribution in [0.15, 0.2) is 68.6 Å². The lowest BCUT2D eigenvalue weighted by molar-refractivity contribution is 0.0994. The van der Waals surface area contributed by atoms with E-state index in [-0.39, 0.29) is 10.7 Å². The molecule has 1 aliphatic rings. The Morgan fingerprint density at radius 3 is 2.88 bits per heavy atom. The second kappa shape index (κ2) is 9.39. The fraction of sp³-hybridized carbons (Fsp3) is 0.318. The van der Waals surface area contributed by atoms with Gasteiger partial charge >= 0.3 is 0 Å². The van der Waals surface area contributed by atoms with Gasteiger partial charge in [-0.15, -0.1) is 4.40 Å². The number of sulfonamides is 1. The molecular formula is C22H25N5O4S. The van der Waals surface area contributed by atoms with Gasteiger partial charge in [-0.25, -0.2) is 0 Å². The Balaban J connectivity index is 1.48. The third kappa shape index (κ3) is 5.25. The topological polar surface area (TPSA) is 110 Å². The minimum Gasteiger partial charge on any atom is -0.454 e. The van der Waals surface area contributed by atoms with Gasteiger partial charge in [0, 0.05) is 38.1 Å². The van der Waals surface area contributed by atoms with Gasteiger partial charge in [0.05, 0.1) is 11.4 Å². The summed E-state index contributed by atoms with van der Waals surface area (Å²) in [6.07, 6.45) is 7.08. The standard InChI is InChI=1S/C22H25N5O4S/c1-26-13-4-2-3-9-21(26)25-32(29,30)19-8-5-7-17(15-19)24-22(28)20-11-10-18(31-20)16-27-14-6-12-23-27/h5-8,10-12,14-15H,2-4,9,13,16H2,1H3,(H,24,28)/b25-21+. The Bertz CT molecular complexity index is 1210. The number of hydrogen-bond acceptors (Lipinski definition) is 5. The first kappa shape index (κ1) is 21.8. The summed E-state index contributed by atoms with van der Waals surface area (Å²) in [7, 11) is -2.03. The van der Waals surface area contributed by atoms with E-state index in [0.717, 1.165) is 25.8 Å². The van der Waals surface area contributed by atoms with E-state index in [9.17, 15) is 13.2 Å². The van der Waals surface area contributed by atoms with Gasteiger partial charge in [-0.1, -0.05) is 12.5 Å². The number of nitrogens with zero attached hydrogens (tertiary/aromatic N) is 4. The van der Waals surface area contributed by atoms with Crippen molar-refractivity contribution in [2.75, 3.05) is 18.9 Å². The Morgan fingerprint density at radius 2 is 2.06 bits per heavy atom. The lowest BCUT2D eigenvalue weighted by atomic mass is 10.2. The minimum absolute atomic E-state index is 0.0271. The van der Waals surface area contributed by atoms with E-state index < -0.39 is 15.9 Å². The van der Waals surface area contributed by atoms with Gasteiger partial charge in [0.1, 0.15) is 11.6 Å². The fourth-order valence-corrected chi connectivity index (χ4v) is 4.64. The number of carbonyl (C=O) groups is 1. The molecule has 1 fully saturated rings. The first-order valence-corrected chi connectivity index (χ1v) is 11.9. The van der Waals surface area contributed by atoms with E-state index in [1.54, 1.807) is 47.4 Å². The number of benzene rings is 1. The Hall–Kier alpha value is -3.40. The average Bonchev–Trinajstić information content (AvgIpc) is 3.41. The summed E-state index contributed by atoms with van der Waals surface area (Å²) in [6, 6.07) is 11.2. The molecule has 2 aromatic heterocycles. The number of amidine groups is 1. The van der Waals surface area contributed by atoms with Crippen molar-refractivity contribution in [2.45, 2.75) is 37.1 Å². The maximum Gasteiger partial charge on any atom is 0.291 e. The summed E-state index contributed by atoms with van der Waals surface area (Å²) >= 11 is 0. The van der Waals surface area contributed by atoms with Crippen molar-refractivity contribution < 1.29 is 17.6 Å². The first-order valence-electron chi connectivity index (χ1n) is 10.4. The number of carbonyl (C=O) groups excluding carboxylic acids is 1. The van der Waals surface area contributed by atoms with Crippen molar-refractivity contribution in [3.8, 4) is 0 Å². The average molecular weight is 456 g/mol. The van der Waals surface area contributed by atoms with Crippen LogP contribution in [0.25, 0.3) is 0 Å². The predicted molar refractivity (Wildman–Crippen MR) is 120 cm³/mol. The molecule has 4 rings (SSSR count). The van der Waals surface area contributed by atoms with Crippen molar-refractivity contribution in [2.24, 2.45) is 4.40 Å². The van der Waals surface area contributed by atoms with E-state index >= 15 is 0 Å². The van der Waals surface area contributed by atoms with Crippen LogP contribution in [0.4, 0.5) is 5.69 Å². The van der Waals surface area contributed by atoms with E-state index in [4.69, 9.17) is 4.42 Å². The number of anilines is 1. The number of aromatic nitrogens is 2. The zero-order valence-corrected chi connectivity index (χ0v) is 18.6. The number of rotatable bonds is 6. The third-order valence-corrected chi connectivity index (χ3v) is 6.51. The molecule has 0 bridgehead atoms. The molecule has 0 atom stereocenters. The van der Waals surface area contributed by atoms with Gasteiger partial charge in [0.25, 0.3) is 15.9 Å². The number of likely N-dealkylation sites (tertiary alicyclic amines) is 1. The van der Waals surface area contributed by atoms with E-state index in [1.807, 2.05) is 11.9 Å². The highest BCUT2D eigenvalue weighted by molar-refractivity contribution is 7.90. The van der Waals surface area contributed by atoms with E-state index in [1.165, 1.54) is 12.1 Å². The summed E-state index contributed by atoms with van der Waals surface area (Å²) in [6.45, 7) is 1.19. The number of amides is 1. The molecule has 9 nitrogen and oxygen atoms in total. The zero-order valence-electron chi connectivity index (χ0n) is 17.8. The minimum atomic E-state index is -3.90. The van der Waals surface area contributed by atoms with Gasteiger partial charge in [0.15, 0.2) is 5.76 Å². The normalized spacial score (nSPS) is 16.2.